The molecule has 0 atom stereocenters. The van der Waals surface area contributed by atoms with E-state index in [-0.39, 0.29) is 16.8 Å². The lowest BCUT2D eigenvalue weighted by Gasteiger charge is -2.06. The number of benzene rings is 1. The Morgan fingerprint density at radius 2 is 1.91 bits per heavy atom. The second-order valence-electron chi connectivity index (χ2n) is 4.11. The van der Waals surface area contributed by atoms with E-state index in [4.69, 9.17) is 0 Å². The molecule has 0 saturated carbocycles. The largest absolute Gasteiger partial charge is 0.323 e. The van der Waals surface area contributed by atoms with Gasteiger partial charge in [-0.25, -0.2) is 13.2 Å². The van der Waals surface area contributed by atoms with Crippen molar-refractivity contribution in [3.63, 3.8) is 0 Å². The molecule has 0 radical (unpaired) electrons. The molecule has 0 spiro atoms. The van der Waals surface area contributed by atoms with Gasteiger partial charge >= 0.3 is 0 Å². The standard InChI is InChI=1S/C12H9F3N4O2S2/c1-5(20)16-11-18-19-12(23-11)22-4-8(21)17-7-3-2-6(13)9(14)10(7)15/h2-3H,4H2,1H3,(H,17,21)(H,16,18,20). The van der Waals surface area contributed by atoms with Crippen LogP contribution >= 0.6 is 23.1 Å². The van der Waals surface area contributed by atoms with E-state index in [2.05, 4.69) is 20.8 Å². The van der Waals surface area contributed by atoms with Crippen molar-refractivity contribution in [2.45, 2.75) is 11.3 Å². The molecule has 1 heterocycles. The average molecular weight is 362 g/mol. The first-order valence-corrected chi connectivity index (χ1v) is 7.84. The number of carbonyl (C=O) groups is 2. The summed E-state index contributed by atoms with van der Waals surface area (Å²) in [7, 11) is 0. The molecule has 122 valence electrons. The molecule has 1 aromatic carbocycles. The molecule has 23 heavy (non-hydrogen) atoms. The quantitative estimate of drug-likeness (QED) is 0.485. The Morgan fingerprint density at radius 3 is 2.61 bits per heavy atom. The van der Waals surface area contributed by atoms with Gasteiger partial charge < -0.3 is 10.6 Å². The van der Waals surface area contributed by atoms with E-state index < -0.39 is 29.0 Å². The van der Waals surface area contributed by atoms with Gasteiger partial charge in [0.1, 0.15) is 0 Å². The number of nitrogens with one attached hydrogen (secondary N) is 2. The number of amides is 2. The Balaban J connectivity index is 1.92. The Labute approximate surface area is 136 Å². The van der Waals surface area contributed by atoms with Crippen molar-refractivity contribution >= 4 is 45.7 Å². The van der Waals surface area contributed by atoms with Crippen LogP contribution in [0, 0.1) is 17.5 Å². The molecule has 2 aromatic rings. The number of hydrogen-bond donors (Lipinski definition) is 2. The highest BCUT2D eigenvalue weighted by molar-refractivity contribution is 8.01. The molecule has 0 fully saturated rings. The maximum atomic E-state index is 13.4. The van der Waals surface area contributed by atoms with Crippen LogP contribution in [-0.2, 0) is 9.59 Å². The van der Waals surface area contributed by atoms with Gasteiger partial charge in [-0.3, -0.25) is 9.59 Å². The molecule has 0 aliphatic carbocycles. The fraction of sp³-hybridized carbons (Fsp3) is 0.167. The molecule has 0 aliphatic heterocycles. The highest BCUT2D eigenvalue weighted by Gasteiger charge is 2.16. The summed E-state index contributed by atoms with van der Waals surface area (Å²) < 4.78 is 39.7. The Morgan fingerprint density at radius 1 is 1.17 bits per heavy atom. The van der Waals surface area contributed by atoms with Crippen molar-refractivity contribution in [2.24, 2.45) is 0 Å². The fourth-order valence-corrected chi connectivity index (χ4v) is 3.00. The maximum Gasteiger partial charge on any atom is 0.234 e. The van der Waals surface area contributed by atoms with Crippen LogP contribution < -0.4 is 10.6 Å². The molecule has 2 rings (SSSR count). The van der Waals surface area contributed by atoms with Gasteiger partial charge in [-0.15, -0.1) is 10.2 Å². The van der Waals surface area contributed by atoms with Gasteiger partial charge in [0.25, 0.3) is 0 Å². The van der Waals surface area contributed by atoms with E-state index in [1.54, 1.807) is 0 Å². The van der Waals surface area contributed by atoms with Crippen LogP contribution in [0.2, 0.25) is 0 Å². The van der Waals surface area contributed by atoms with Gasteiger partial charge in [0, 0.05) is 6.92 Å². The summed E-state index contributed by atoms with van der Waals surface area (Å²) in [6.07, 6.45) is 0. The van der Waals surface area contributed by atoms with E-state index in [0.29, 0.717) is 10.4 Å². The second-order valence-corrected chi connectivity index (χ2v) is 6.31. The van der Waals surface area contributed by atoms with Crippen LogP contribution in [0.15, 0.2) is 16.5 Å². The number of anilines is 2. The zero-order valence-corrected chi connectivity index (χ0v) is 13.2. The SMILES string of the molecule is CC(=O)Nc1nnc(SCC(=O)Nc2ccc(F)c(F)c2F)s1. The van der Waals surface area contributed by atoms with E-state index in [1.165, 1.54) is 6.92 Å². The summed E-state index contributed by atoms with van der Waals surface area (Å²) >= 11 is 2.06. The van der Waals surface area contributed by atoms with Crippen molar-refractivity contribution < 1.29 is 22.8 Å². The summed E-state index contributed by atoms with van der Waals surface area (Å²) in [4.78, 5) is 22.5. The number of carbonyl (C=O) groups excluding carboxylic acids is 2. The Kier molecular flexibility index (Phi) is 5.55. The lowest BCUT2D eigenvalue weighted by atomic mass is 10.3. The van der Waals surface area contributed by atoms with Gasteiger partial charge in [-0.1, -0.05) is 23.1 Å². The number of rotatable bonds is 5. The average Bonchev–Trinajstić information content (AvgIpc) is 2.92. The predicted molar refractivity (Wildman–Crippen MR) is 79.9 cm³/mol. The maximum absolute atomic E-state index is 13.4. The van der Waals surface area contributed by atoms with Gasteiger partial charge in [-0.05, 0) is 12.1 Å². The zero-order valence-electron chi connectivity index (χ0n) is 11.5. The third-order valence-electron chi connectivity index (χ3n) is 2.33. The third kappa shape index (κ3) is 4.66. The molecule has 0 bridgehead atoms. The van der Waals surface area contributed by atoms with Gasteiger partial charge in [-0.2, -0.15) is 0 Å². The summed E-state index contributed by atoms with van der Waals surface area (Å²) in [6.45, 7) is 1.32. The van der Waals surface area contributed by atoms with Gasteiger partial charge in [0.15, 0.2) is 21.8 Å². The highest BCUT2D eigenvalue weighted by atomic mass is 32.2. The zero-order chi connectivity index (χ0) is 17.0. The summed E-state index contributed by atoms with van der Waals surface area (Å²) in [5.41, 5.74) is -0.453. The predicted octanol–water partition coefficient (Wildman–Crippen LogP) is 2.64. The molecule has 2 amide bonds. The van der Waals surface area contributed by atoms with Crippen LogP contribution in [0.3, 0.4) is 0 Å². The molecule has 0 aliphatic rings. The minimum Gasteiger partial charge on any atom is -0.323 e. The Hall–Kier alpha value is -2.14. The number of thioether (sulfide) groups is 1. The first-order valence-electron chi connectivity index (χ1n) is 6.04. The van der Waals surface area contributed by atoms with E-state index >= 15 is 0 Å². The van der Waals surface area contributed by atoms with E-state index in [1.807, 2.05) is 0 Å². The molecule has 2 N–H and O–H groups in total. The smallest absolute Gasteiger partial charge is 0.234 e. The lowest BCUT2D eigenvalue weighted by molar-refractivity contribution is -0.114. The molecular formula is C12H9F3N4O2S2. The van der Waals surface area contributed by atoms with Crippen molar-refractivity contribution in [1.82, 2.24) is 10.2 Å². The molecule has 6 nitrogen and oxygen atoms in total. The monoisotopic (exact) mass is 362 g/mol. The minimum atomic E-state index is -1.65. The van der Waals surface area contributed by atoms with E-state index in [9.17, 15) is 22.8 Å². The van der Waals surface area contributed by atoms with Crippen molar-refractivity contribution in [3.05, 3.63) is 29.6 Å². The van der Waals surface area contributed by atoms with E-state index in [0.717, 1.165) is 29.2 Å². The second kappa shape index (κ2) is 7.42. The number of halogens is 3. The van der Waals surface area contributed by atoms with Crippen molar-refractivity contribution in [1.29, 1.82) is 0 Å². The third-order valence-corrected chi connectivity index (χ3v) is 4.30. The summed E-state index contributed by atoms with van der Waals surface area (Å²) in [5, 5.41) is 12.3. The molecule has 0 unspecified atom stereocenters. The summed E-state index contributed by atoms with van der Waals surface area (Å²) in [5.74, 6) is -5.53. The van der Waals surface area contributed by atoms with Crippen molar-refractivity contribution in [2.75, 3.05) is 16.4 Å². The topological polar surface area (TPSA) is 84.0 Å². The molecule has 1 aromatic heterocycles. The van der Waals surface area contributed by atoms with Crippen molar-refractivity contribution in [3.8, 4) is 0 Å². The molecule has 11 heteroatoms. The van der Waals surface area contributed by atoms with Crippen LogP contribution in [-0.4, -0.2) is 27.8 Å². The highest BCUT2D eigenvalue weighted by Crippen LogP contribution is 2.26. The Bertz CT molecular complexity index is 754. The lowest BCUT2D eigenvalue weighted by Crippen LogP contribution is -2.15. The molecule has 0 saturated heterocycles. The van der Waals surface area contributed by atoms with Crippen LogP contribution in [0.5, 0.6) is 0 Å². The van der Waals surface area contributed by atoms with Crippen LogP contribution in [0.4, 0.5) is 24.0 Å². The van der Waals surface area contributed by atoms with Gasteiger partial charge in [0.05, 0.1) is 11.4 Å². The number of nitrogens with zero attached hydrogens (tertiary/aromatic N) is 2. The van der Waals surface area contributed by atoms with Crippen LogP contribution in [0.25, 0.3) is 0 Å². The first-order chi connectivity index (χ1) is 10.9. The number of aromatic nitrogens is 2. The minimum absolute atomic E-state index is 0.146. The summed E-state index contributed by atoms with van der Waals surface area (Å²) in [6, 6.07) is 1.64. The first kappa shape index (κ1) is 17.2. The number of hydrogen-bond acceptors (Lipinski definition) is 6. The van der Waals surface area contributed by atoms with Gasteiger partial charge in [0.2, 0.25) is 16.9 Å². The van der Waals surface area contributed by atoms with Crippen LogP contribution in [0.1, 0.15) is 6.92 Å². The normalized spacial score (nSPS) is 10.4. The fourth-order valence-electron chi connectivity index (χ4n) is 1.41. The molecular weight excluding hydrogens is 353 g/mol.